The minimum absolute atomic E-state index is 0.236. The van der Waals surface area contributed by atoms with Gasteiger partial charge in [-0.2, -0.15) is 0 Å². The first-order valence-electron chi connectivity index (χ1n) is 7.89. The zero-order chi connectivity index (χ0) is 16.2. The summed E-state index contributed by atoms with van der Waals surface area (Å²) in [7, 11) is 0. The molecule has 0 radical (unpaired) electrons. The second-order valence-electron chi connectivity index (χ2n) is 5.58. The average Bonchev–Trinajstić information content (AvgIpc) is 3.13. The number of nitrogens with zero attached hydrogens (tertiary/aromatic N) is 3. The lowest BCUT2D eigenvalue weighted by Gasteiger charge is -2.19. The molecule has 0 aliphatic rings. The van der Waals surface area contributed by atoms with Gasteiger partial charge in [0.25, 0.3) is 0 Å². The molecular formula is C19H17N5. The van der Waals surface area contributed by atoms with E-state index in [1.807, 2.05) is 12.1 Å². The summed E-state index contributed by atoms with van der Waals surface area (Å²) >= 11 is 0. The summed E-state index contributed by atoms with van der Waals surface area (Å²) in [4.78, 5) is 15.8. The van der Waals surface area contributed by atoms with Crippen LogP contribution >= 0.6 is 0 Å². The van der Waals surface area contributed by atoms with Crippen molar-refractivity contribution in [3.8, 4) is 0 Å². The highest BCUT2D eigenvalue weighted by Crippen LogP contribution is 2.25. The molecule has 0 bridgehead atoms. The molecule has 2 N–H and O–H groups in total. The van der Waals surface area contributed by atoms with E-state index in [0.29, 0.717) is 5.65 Å². The number of hydrogen-bond acceptors (Lipinski definition) is 4. The topological polar surface area (TPSA) is 66.5 Å². The molecule has 4 rings (SSSR count). The van der Waals surface area contributed by atoms with E-state index in [9.17, 15) is 0 Å². The number of benzene rings is 2. The molecule has 118 valence electrons. The molecule has 4 aromatic rings. The maximum atomic E-state index is 4.34. The van der Waals surface area contributed by atoms with Gasteiger partial charge in [-0.05, 0) is 11.1 Å². The van der Waals surface area contributed by atoms with Gasteiger partial charge in [-0.3, -0.25) is 0 Å². The molecule has 0 unspecified atom stereocenters. The van der Waals surface area contributed by atoms with Crippen molar-refractivity contribution in [2.45, 2.75) is 5.92 Å². The molecule has 2 aromatic heterocycles. The summed E-state index contributed by atoms with van der Waals surface area (Å²) in [5.41, 5.74) is 4.04. The summed E-state index contributed by atoms with van der Waals surface area (Å²) < 4.78 is 0. The lowest BCUT2D eigenvalue weighted by Crippen LogP contribution is -2.15. The van der Waals surface area contributed by atoms with Gasteiger partial charge in [0.05, 0.1) is 6.33 Å². The fourth-order valence-corrected chi connectivity index (χ4v) is 2.90. The van der Waals surface area contributed by atoms with E-state index in [-0.39, 0.29) is 5.92 Å². The van der Waals surface area contributed by atoms with Gasteiger partial charge in [0.2, 0.25) is 0 Å². The van der Waals surface area contributed by atoms with Crippen LogP contribution in [0.1, 0.15) is 17.0 Å². The molecular weight excluding hydrogens is 298 g/mol. The first-order chi connectivity index (χ1) is 11.9. The number of hydrogen-bond donors (Lipinski definition) is 2. The Morgan fingerprint density at radius 3 is 2.17 bits per heavy atom. The Morgan fingerprint density at radius 2 is 1.50 bits per heavy atom. The van der Waals surface area contributed by atoms with Crippen LogP contribution in [-0.2, 0) is 0 Å². The van der Waals surface area contributed by atoms with Crippen LogP contribution in [0.2, 0.25) is 0 Å². The normalized spacial score (nSPS) is 11.0. The van der Waals surface area contributed by atoms with E-state index in [1.54, 1.807) is 6.33 Å². The molecule has 2 aromatic carbocycles. The van der Waals surface area contributed by atoms with Crippen molar-refractivity contribution in [1.82, 2.24) is 19.9 Å². The molecule has 5 heteroatoms. The van der Waals surface area contributed by atoms with Crippen LogP contribution < -0.4 is 5.32 Å². The molecule has 0 amide bonds. The van der Waals surface area contributed by atoms with E-state index in [0.717, 1.165) is 17.9 Å². The summed E-state index contributed by atoms with van der Waals surface area (Å²) in [6, 6.07) is 21.0. The predicted octanol–water partition coefficient (Wildman–Crippen LogP) is 3.60. The molecule has 0 spiro atoms. The van der Waals surface area contributed by atoms with Crippen molar-refractivity contribution in [2.75, 3.05) is 11.9 Å². The van der Waals surface area contributed by atoms with E-state index in [2.05, 4.69) is 73.8 Å². The van der Waals surface area contributed by atoms with Crippen molar-refractivity contribution in [3.63, 3.8) is 0 Å². The summed E-state index contributed by atoms with van der Waals surface area (Å²) in [6.45, 7) is 0.735. The molecule has 0 saturated carbocycles. The average molecular weight is 315 g/mol. The standard InChI is InChI=1S/C19H17N5/c1-3-7-14(8-4-1)16(15-9-5-2-6-10-15)11-20-18-17-19(22-12-21-17)24-13-23-18/h1-10,12-13,16H,11H2,(H2,20,21,22,23,24). The summed E-state index contributed by atoms with van der Waals surface area (Å²) in [5, 5.41) is 3.45. The zero-order valence-electron chi connectivity index (χ0n) is 13.1. The largest absolute Gasteiger partial charge is 0.367 e. The highest BCUT2D eigenvalue weighted by Gasteiger charge is 2.15. The van der Waals surface area contributed by atoms with Crippen molar-refractivity contribution in [2.24, 2.45) is 0 Å². The van der Waals surface area contributed by atoms with Gasteiger partial charge >= 0.3 is 0 Å². The molecule has 0 fully saturated rings. The van der Waals surface area contributed by atoms with Crippen LogP contribution in [0.4, 0.5) is 5.82 Å². The number of nitrogens with one attached hydrogen (secondary N) is 2. The van der Waals surface area contributed by atoms with Crippen LogP contribution in [0.25, 0.3) is 11.2 Å². The predicted molar refractivity (Wildman–Crippen MR) is 94.9 cm³/mol. The van der Waals surface area contributed by atoms with Crippen molar-refractivity contribution in [1.29, 1.82) is 0 Å². The molecule has 0 atom stereocenters. The molecule has 0 saturated heterocycles. The Bertz CT molecular complexity index is 879. The van der Waals surface area contributed by atoms with Crippen LogP contribution in [0.5, 0.6) is 0 Å². The molecule has 5 nitrogen and oxygen atoms in total. The van der Waals surface area contributed by atoms with Gasteiger partial charge < -0.3 is 10.3 Å². The maximum absolute atomic E-state index is 4.34. The number of H-pyrrole nitrogens is 1. The van der Waals surface area contributed by atoms with E-state index in [4.69, 9.17) is 0 Å². The quantitative estimate of drug-likeness (QED) is 0.590. The Kier molecular flexibility index (Phi) is 3.90. The molecule has 0 aliphatic carbocycles. The lowest BCUT2D eigenvalue weighted by molar-refractivity contribution is 0.849. The van der Waals surface area contributed by atoms with Gasteiger partial charge in [-0.1, -0.05) is 60.7 Å². The fraction of sp³-hybridized carbons (Fsp3) is 0.105. The van der Waals surface area contributed by atoms with Crippen LogP contribution in [0.15, 0.2) is 73.3 Å². The third kappa shape index (κ3) is 2.84. The van der Waals surface area contributed by atoms with Gasteiger partial charge in [0.1, 0.15) is 11.8 Å². The summed E-state index contributed by atoms with van der Waals surface area (Å²) in [5.74, 6) is 1.01. The molecule has 0 aliphatic heterocycles. The smallest absolute Gasteiger partial charge is 0.182 e. The second kappa shape index (κ2) is 6.50. The van der Waals surface area contributed by atoms with E-state index < -0.39 is 0 Å². The Hall–Kier alpha value is -3.21. The monoisotopic (exact) mass is 315 g/mol. The number of rotatable bonds is 5. The third-order valence-electron chi connectivity index (χ3n) is 4.10. The number of aromatic nitrogens is 4. The maximum Gasteiger partial charge on any atom is 0.182 e. The lowest BCUT2D eigenvalue weighted by atomic mass is 9.91. The Morgan fingerprint density at radius 1 is 0.833 bits per heavy atom. The van der Waals surface area contributed by atoms with Crippen LogP contribution in [0.3, 0.4) is 0 Å². The minimum atomic E-state index is 0.236. The highest BCUT2D eigenvalue weighted by molar-refractivity contribution is 5.81. The number of fused-ring (bicyclic) bond motifs is 1. The zero-order valence-corrected chi connectivity index (χ0v) is 13.1. The first kappa shape index (κ1) is 14.4. The molecule has 24 heavy (non-hydrogen) atoms. The van der Waals surface area contributed by atoms with Crippen LogP contribution in [0, 0.1) is 0 Å². The highest BCUT2D eigenvalue weighted by atomic mass is 15.1. The van der Waals surface area contributed by atoms with Crippen molar-refractivity contribution < 1.29 is 0 Å². The van der Waals surface area contributed by atoms with Crippen molar-refractivity contribution >= 4 is 17.0 Å². The summed E-state index contributed by atoms with van der Waals surface area (Å²) in [6.07, 6.45) is 3.17. The van der Waals surface area contributed by atoms with Gasteiger partial charge in [0, 0.05) is 12.5 Å². The third-order valence-corrected chi connectivity index (χ3v) is 4.10. The SMILES string of the molecule is c1ccc(C(CNc2ncnc3nc[nH]c23)c2ccccc2)cc1. The Balaban J connectivity index is 1.64. The number of imidazole rings is 1. The van der Waals surface area contributed by atoms with E-state index in [1.165, 1.54) is 17.5 Å². The van der Waals surface area contributed by atoms with Gasteiger partial charge in [-0.25, -0.2) is 15.0 Å². The minimum Gasteiger partial charge on any atom is -0.367 e. The van der Waals surface area contributed by atoms with E-state index >= 15 is 0 Å². The number of aromatic amines is 1. The Labute approximate surface area is 139 Å². The van der Waals surface area contributed by atoms with Crippen molar-refractivity contribution in [3.05, 3.63) is 84.4 Å². The molecule has 2 heterocycles. The van der Waals surface area contributed by atoms with Gasteiger partial charge in [0.15, 0.2) is 11.5 Å². The number of anilines is 1. The van der Waals surface area contributed by atoms with Gasteiger partial charge in [-0.15, -0.1) is 0 Å². The second-order valence-corrected chi connectivity index (χ2v) is 5.58. The van der Waals surface area contributed by atoms with Crippen LogP contribution in [-0.4, -0.2) is 26.5 Å². The fourth-order valence-electron chi connectivity index (χ4n) is 2.90. The first-order valence-corrected chi connectivity index (χ1v) is 7.89.